The van der Waals surface area contributed by atoms with Crippen LogP contribution in [0.25, 0.3) is 0 Å². The highest BCUT2D eigenvalue weighted by Crippen LogP contribution is 2.30. The van der Waals surface area contributed by atoms with Gasteiger partial charge < -0.3 is 14.4 Å². The van der Waals surface area contributed by atoms with Gasteiger partial charge in [0, 0.05) is 25.4 Å². The topological polar surface area (TPSA) is 122 Å². The maximum atomic E-state index is 12.9. The molecule has 1 atom stereocenters. The first-order valence-electron chi connectivity index (χ1n) is 13.0. The normalized spacial score (nSPS) is 19.6. The van der Waals surface area contributed by atoms with Crippen LogP contribution in [-0.4, -0.2) is 70.9 Å². The van der Waals surface area contributed by atoms with Gasteiger partial charge in [0.15, 0.2) is 0 Å². The summed E-state index contributed by atoms with van der Waals surface area (Å²) in [5, 5.41) is 2.17. The number of rotatable bonds is 3. The van der Waals surface area contributed by atoms with Gasteiger partial charge in [0.25, 0.3) is 11.8 Å². The number of nitrogens with zero attached hydrogens (tertiary/aromatic N) is 2. The monoisotopic (exact) mass is 525 g/mol. The third-order valence-corrected chi connectivity index (χ3v) is 6.18. The van der Waals surface area contributed by atoms with Gasteiger partial charge in [-0.1, -0.05) is 25.7 Å². The average Bonchev–Trinajstić information content (AvgIpc) is 3.12. The van der Waals surface area contributed by atoms with Crippen LogP contribution >= 0.6 is 0 Å². The number of piperidine rings is 2. The van der Waals surface area contributed by atoms with Gasteiger partial charge in [0.2, 0.25) is 11.8 Å². The number of carbonyl (C=O) groups is 5. The van der Waals surface area contributed by atoms with Crippen molar-refractivity contribution in [2.75, 3.05) is 19.7 Å². The van der Waals surface area contributed by atoms with Gasteiger partial charge in [0.05, 0.1) is 11.1 Å². The number of hydrogen-bond acceptors (Lipinski definition) is 7. The van der Waals surface area contributed by atoms with Crippen molar-refractivity contribution in [1.29, 1.82) is 0 Å². The molecular weight excluding hydrogens is 490 g/mol. The highest BCUT2D eigenvalue weighted by molar-refractivity contribution is 6.23. The van der Waals surface area contributed by atoms with E-state index < -0.39 is 35.3 Å². The number of ether oxygens (including phenoxy) is 2. The van der Waals surface area contributed by atoms with Crippen molar-refractivity contribution in [3.05, 3.63) is 29.3 Å². The fraction of sp³-hybridized carbons (Fsp3) is 0.536. The summed E-state index contributed by atoms with van der Waals surface area (Å²) in [6, 6.07) is 3.55. The predicted molar refractivity (Wildman–Crippen MR) is 138 cm³/mol. The molecule has 4 rings (SSSR count). The lowest BCUT2D eigenvalue weighted by atomic mass is 9.98. The Morgan fingerprint density at radius 1 is 1.03 bits per heavy atom. The minimum absolute atomic E-state index is 0.0663. The standard InChI is InChI=1S/C26H29N3O7.C2H6/c1-26(2,3)36-25(34)28-12-10-16(11-13-28)5-4-14-35-17-6-7-18-19(15-17)24(33)29(23(18)32)20-8-9-21(30)27-22(20)31;1-2/h6-7,15-16,20H,8-14H2,1-3H3,(H,27,30,31);1-2H3. The number of likely N-dealkylation sites (tertiary alicyclic amines) is 1. The molecule has 2 fully saturated rings. The van der Waals surface area contributed by atoms with E-state index in [9.17, 15) is 24.0 Å². The van der Waals surface area contributed by atoms with Crippen molar-refractivity contribution < 1.29 is 33.4 Å². The highest BCUT2D eigenvalue weighted by atomic mass is 16.6. The van der Waals surface area contributed by atoms with Crippen LogP contribution < -0.4 is 10.1 Å². The smallest absolute Gasteiger partial charge is 0.410 e. The largest absolute Gasteiger partial charge is 0.481 e. The number of nitrogens with one attached hydrogen (secondary N) is 1. The summed E-state index contributed by atoms with van der Waals surface area (Å²) in [5.41, 5.74) is -0.173. The lowest BCUT2D eigenvalue weighted by molar-refractivity contribution is -0.136. The molecule has 1 N–H and O–H groups in total. The zero-order chi connectivity index (χ0) is 28.0. The molecule has 0 aliphatic carbocycles. The van der Waals surface area contributed by atoms with Crippen molar-refractivity contribution in [2.24, 2.45) is 5.92 Å². The highest BCUT2D eigenvalue weighted by Gasteiger charge is 2.44. The summed E-state index contributed by atoms with van der Waals surface area (Å²) < 4.78 is 11.1. The van der Waals surface area contributed by atoms with E-state index >= 15 is 0 Å². The lowest BCUT2D eigenvalue weighted by Crippen LogP contribution is -2.54. The first-order chi connectivity index (χ1) is 18.0. The van der Waals surface area contributed by atoms with Crippen LogP contribution in [0.1, 0.15) is 81.0 Å². The summed E-state index contributed by atoms with van der Waals surface area (Å²) in [6.45, 7) is 10.8. The molecular formula is C28H35N3O7. The van der Waals surface area contributed by atoms with Crippen LogP contribution in [0.3, 0.4) is 0 Å². The maximum absolute atomic E-state index is 12.9. The second kappa shape index (κ2) is 12.1. The molecule has 3 aliphatic rings. The fourth-order valence-electron chi connectivity index (χ4n) is 4.38. The van der Waals surface area contributed by atoms with Crippen molar-refractivity contribution in [3.63, 3.8) is 0 Å². The second-order valence-corrected chi connectivity index (χ2v) is 10.0. The lowest BCUT2D eigenvalue weighted by Gasteiger charge is -2.31. The molecule has 3 heterocycles. The summed E-state index contributed by atoms with van der Waals surface area (Å²) in [5.74, 6) is 4.48. The average molecular weight is 526 g/mol. The molecule has 0 aromatic heterocycles. The molecule has 10 nitrogen and oxygen atoms in total. The minimum atomic E-state index is -1.01. The number of fused-ring (bicyclic) bond motifs is 1. The molecule has 2 saturated heterocycles. The molecule has 0 bridgehead atoms. The molecule has 0 radical (unpaired) electrons. The summed E-state index contributed by atoms with van der Waals surface area (Å²) in [4.78, 5) is 64.0. The zero-order valence-electron chi connectivity index (χ0n) is 22.6. The van der Waals surface area contributed by atoms with Crippen LogP contribution in [-0.2, 0) is 14.3 Å². The number of imide groups is 2. The van der Waals surface area contributed by atoms with Crippen LogP contribution in [0, 0.1) is 17.8 Å². The van der Waals surface area contributed by atoms with E-state index in [1.54, 1.807) is 11.0 Å². The van der Waals surface area contributed by atoms with Crippen LogP contribution in [0.4, 0.5) is 4.79 Å². The van der Waals surface area contributed by atoms with E-state index in [-0.39, 0.29) is 42.6 Å². The Balaban J connectivity index is 0.00000195. The van der Waals surface area contributed by atoms with E-state index in [4.69, 9.17) is 9.47 Å². The summed E-state index contributed by atoms with van der Waals surface area (Å²) >= 11 is 0. The predicted octanol–water partition coefficient (Wildman–Crippen LogP) is 3.14. The molecule has 5 amide bonds. The van der Waals surface area contributed by atoms with E-state index in [1.807, 2.05) is 34.6 Å². The Kier molecular flexibility index (Phi) is 9.15. The Hall–Kier alpha value is -3.87. The fourth-order valence-corrected chi connectivity index (χ4v) is 4.38. The Morgan fingerprint density at radius 3 is 2.32 bits per heavy atom. The number of amides is 5. The van der Waals surface area contributed by atoms with Gasteiger partial charge in [-0.05, 0) is 58.2 Å². The van der Waals surface area contributed by atoms with Gasteiger partial charge in [-0.25, -0.2) is 4.79 Å². The SMILES string of the molecule is CC.CC(C)(C)OC(=O)N1CCC(C#CCOc2ccc3c(c2)C(=O)N(C2CCC(=O)NC2=O)C3=O)CC1. The number of hydrogen-bond donors (Lipinski definition) is 1. The van der Waals surface area contributed by atoms with Gasteiger partial charge in [-0.3, -0.25) is 29.4 Å². The van der Waals surface area contributed by atoms with Crippen molar-refractivity contribution in [1.82, 2.24) is 15.1 Å². The van der Waals surface area contributed by atoms with Crippen LogP contribution in [0.5, 0.6) is 5.75 Å². The first kappa shape index (κ1) is 28.7. The van der Waals surface area contributed by atoms with Crippen LogP contribution in [0.15, 0.2) is 18.2 Å². The second-order valence-electron chi connectivity index (χ2n) is 10.0. The molecule has 1 aromatic carbocycles. The van der Waals surface area contributed by atoms with Crippen LogP contribution in [0.2, 0.25) is 0 Å². The molecule has 0 spiro atoms. The Bertz CT molecular complexity index is 1170. The van der Waals surface area contributed by atoms with E-state index in [0.717, 1.165) is 17.7 Å². The quantitative estimate of drug-likeness (QED) is 0.475. The maximum Gasteiger partial charge on any atom is 0.410 e. The third-order valence-electron chi connectivity index (χ3n) is 6.18. The van der Waals surface area contributed by atoms with Gasteiger partial charge in [-0.15, -0.1) is 0 Å². The Morgan fingerprint density at radius 2 is 1.68 bits per heavy atom. The molecule has 3 aliphatic heterocycles. The molecule has 10 heteroatoms. The Labute approximate surface area is 223 Å². The minimum Gasteiger partial charge on any atom is -0.481 e. The summed E-state index contributed by atoms with van der Waals surface area (Å²) in [6.07, 6.45) is 1.36. The van der Waals surface area contributed by atoms with E-state index in [0.29, 0.717) is 18.8 Å². The molecule has 38 heavy (non-hydrogen) atoms. The first-order valence-corrected chi connectivity index (χ1v) is 13.0. The van der Waals surface area contributed by atoms with E-state index in [1.165, 1.54) is 12.1 Å². The third kappa shape index (κ3) is 6.71. The van der Waals surface area contributed by atoms with Gasteiger partial charge in [0.1, 0.15) is 24.0 Å². The molecule has 1 aromatic rings. The van der Waals surface area contributed by atoms with Crippen molar-refractivity contribution >= 4 is 29.7 Å². The molecule has 204 valence electrons. The molecule has 1 unspecified atom stereocenters. The van der Waals surface area contributed by atoms with Crippen molar-refractivity contribution in [2.45, 2.75) is 71.9 Å². The molecule has 0 saturated carbocycles. The van der Waals surface area contributed by atoms with E-state index in [2.05, 4.69) is 17.2 Å². The number of carbonyl (C=O) groups excluding carboxylic acids is 5. The van der Waals surface area contributed by atoms with Crippen molar-refractivity contribution in [3.8, 4) is 17.6 Å². The van der Waals surface area contributed by atoms with Gasteiger partial charge >= 0.3 is 6.09 Å². The zero-order valence-corrected chi connectivity index (χ0v) is 22.6. The van der Waals surface area contributed by atoms with Gasteiger partial charge in [-0.2, -0.15) is 0 Å². The summed E-state index contributed by atoms with van der Waals surface area (Å²) in [7, 11) is 0. The number of benzene rings is 1.